The van der Waals surface area contributed by atoms with Crippen LogP contribution in [0.4, 0.5) is 0 Å². The first kappa shape index (κ1) is 13.5. The summed E-state index contributed by atoms with van der Waals surface area (Å²) in [6.45, 7) is 5.80. The van der Waals surface area contributed by atoms with Crippen LogP contribution < -0.4 is 5.32 Å². The number of nitrogens with one attached hydrogen (secondary N) is 1. The highest BCUT2D eigenvalue weighted by Gasteiger charge is 1.99. The molecular weight excluding hydrogens is 202 g/mol. The van der Waals surface area contributed by atoms with Crippen molar-refractivity contribution in [1.29, 1.82) is 0 Å². The van der Waals surface area contributed by atoms with E-state index in [4.69, 9.17) is 16.3 Å². The molecule has 0 bridgehead atoms. The van der Waals surface area contributed by atoms with Crippen LogP contribution in [0.3, 0.4) is 0 Å². The third-order valence-electron chi connectivity index (χ3n) is 1.63. The van der Waals surface area contributed by atoms with Crippen LogP contribution >= 0.6 is 11.6 Å². The van der Waals surface area contributed by atoms with Gasteiger partial charge in [-0.3, -0.25) is 4.79 Å². The molecule has 0 unspecified atom stereocenters. The molecular formula is C10H18ClNO2. The lowest BCUT2D eigenvalue weighted by atomic mass is 10.3. The molecule has 0 aromatic carbocycles. The first-order chi connectivity index (χ1) is 6.70. The van der Waals surface area contributed by atoms with Gasteiger partial charge in [0, 0.05) is 18.5 Å². The Balaban J connectivity index is 3.25. The highest BCUT2D eigenvalue weighted by molar-refractivity contribution is 6.25. The van der Waals surface area contributed by atoms with Crippen LogP contribution in [0, 0.1) is 0 Å². The maximum atomic E-state index is 10.9. The van der Waals surface area contributed by atoms with Gasteiger partial charge in [0.15, 0.2) is 0 Å². The molecule has 1 N–H and O–H groups in total. The normalized spacial score (nSPS) is 11.5. The monoisotopic (exact) mass is 219 g/mol. The minimum atomic E-state index is -0.126. The number of halogens is 1. The van der Waals surface area contributed by atoms with E-state index in [1.54, 1.807) is 5.54 Å². The van der Waals surface area contributed by atoms with E-state index >= 15 is 0 Å². The van der Waals surface area contributed by atoms with Crippen LogP contribution in [-0.4, -0.2) is 25.7 Å². The summed E-state index contributed by atoms with van der Waals surface area (Å²) < 4.78 is 4.79. The van der Waals surface area contributed by atoms with Gasteiger partial charge in [-0.05, 0) is 32.4 Å². The van der Waals surface area contributed by atoms with Gasteiger partial charge in [-0.25, -0.2) is 0 Å². The standard InChI is InChI=1S/C10H18ClNO2/c1-3-14-10(13)5-4-6-12-8-9(2)7-11/h7,12H,3-6,8H2,1-2H3. The van der Waals surface area contributed by atoms with Gasteiger partial charge >= 0.3 is 5.97 Å². The van der Waals surface area contributed by atoms with Crippen LogP contribution in [0.15, 0.2) is 11.1 Å². The van der Waals surface area contributed by atoms with Crippen molar-refractivity contribution in [1.82, 2.24) is 5.32 Å². The smallest absolute Gasteiger partial charge is 0.305 e. The van der Waals surface area contributed by atoms with Gasteiger partial charge in [0.25, 0.3) is 0 Å². The molecule has 0 aliphatic carbocycles. The predicted octanol–water partition coefficient (Wildman–Crippen LogP) is 2.06. The molecule has 0 fully saturated rings. The average molecular weight is 220 g/mol. The fraction of sp³-hybridized carbons (Fsp3) is 0.700. The second-order valence-electron chi connectivity index (χ2n) is 3.04. The maximum absolute atomic E-state index is 10.9. The zero-order valence-electron chi connectivity index (χ0n) is 8.81. The summed E-state index contributed by atoms with van der Waals surface area (Å²) in [5.74, 6) is -0.126. The maximum Gasteiger partial charge on any atom is 0.305 e. The molecule has 0 saturated heterocycles. The van der Waals surface area contributed by atoms with E-state index in [1.165, 1.54) is 0 Å². The van der Waals surface area contributed by atoms with Crippen LogP contribution in [0.2, 0.25) is 0 Å². The van der Waals surface area contributed by atoms with Gasteiger partial charge in [0.2, 0.25) is 0 Å². The van der Waals surface area contributed by atoms with E-state index in [1.807, 2.05) is 13.8 Å². The molecule has 0 atom stereocenters. The Labute approximate surface area is 90.5 Å². The summed E-state index contributed by atoms with van der Waals surface area (Å²) in [7, 11) is 0. The zero-order chi connectivity index (χ0) is 10.8. The number of carbonyl (C=O) groups is 1. The van der Waals surface area contributed by atoms with Gasteiger partial charge < -0.3 is 10.1 Å². The quantitative estimate of drug-likeness (QED) is 0.526. The Morgan fingerprint density at radius 3 is 2.86 bits per heavy atom. The number of hydrogen-bond donors (Lipinski definition) is 1. The third-order valence-corrected chi connectivity index (χ3v) is 2.00. The summed E-state index contributed by atoms with van der Waals surface area (Å²) in [6, 6.07) is 0. The minimum absolute atomic E-state index is 0.126. The van der Waals surface area contributed by atoms with Crippen molar-refractivity contribution in [3.05, 3.63) is 11.1 Å². The average Bonchev–Trinajstić information content (AvgIpc) is 2.17. The van der Waals surface area contributed by atoms with Crippen LogP contribution in [0.5, 0.6) is 0 Å². The third kappa shape index (κ3) is 8.08. The molecule has 0 rings (SSSR count). The molecule has 0 saturated carbocycles. The van der Waals surface area contributed by atoms with E-state index in [2.05, 4.69) is 5.32 Å². The Hall–Kier alpha value is -0.540. The Kier molecular flexibility index (Phi) is 8.68. The Morgan fingerprint density at radius 2 is 2.29 bits per heavy atom. The van der Waals surface area contributed by atoms with E-state index in [0.717, 1.165) is 25.1 Å². The second kappa shape index (κ2) is 9.03. The largest absolute Gasteiger partial charge is 0.466 e. The van der Waals surface area contributed by atoms with Gasteiger partial charge in [-0.2, -0.15) is 0 Å². The first-order valence-corrected chi connectivity index (χ1v) is 5.26. The van der Waals surface area contributed by atoms with Gasteiger partial charge in [0.05, 0.1) is 6.61 Å². The van der Waals surface area contributed by atoms with Crippen LogP contribution in [0.1, 0.15) is 26.7 Å². The van der Waals surface area contributed by atoms with Gasteiger partial charge in [0.1, 0.15) is 0 Å². The van der Waals surface area contributed by atoms with Crippen molar-refractivity contribution >= 4 is 17.6 Å². The Bertz CT molecular complexity index is 193. The molecule has 0 aromatic heterocycles. The van der Waals surface area contributed by atoms with Crippen molar-refractivity contribution in [3.8, 4) is 0 Å². The molecule has 82 valence electrons. The van der Waals surface area contributed by atoms with E-state index in [-0.39, 0.29) is 5.97 Å². The van der Waals surface area contributed by atoms with Crippen molar-refractivity contribution in [3.63, 3.8) is 0 Å². The van der Waals surface area contributed by atoms with Crippen molar-refractivity contribution in [2.45, 2.75) is 26.7 Å². The minimum Gasteiger partial charge on any atom is -0.466 e. The number of esters is 1. The van der Waals surface area contributed by atoms with E-state index < -0.39 is 0 Å². The van der Waals surface area contributed by atoms with Crippen molar-refractivity contribution in [2.24, 2.45) is 0 Å². The second-order valence-corrected chi connectivity index (χ2v) is 3.26. The summed E-state index contributed by atoms with van der Waals surface area (Å²) in [5, 5.41) is 3.17. The molecule has 0 aromatic rings. The molecule has 0 aliphatic rings. The molecule has 0 aliphatic heterocycles. The van der Waals surface area contributed by atoms with Crippen molar-refractivity contribution < 1.29 is 9.53 Å². The van der Waals surface area contributed by atoms with Crippen LogP contribution in [-0.2, 0) is 9.53 Å². The molecule has 0 heterocycles. The lowest BCUT2D eigenvalue weighted by Gasteiger charge is -2.04. The topological polar surface area (TPSA) is 38.3 Å². The van der Waals surface area contributed by atoms with Gasteiger partial charge in [-0.1, -0.05) is 11.6 Å². The molecule has 14 heavy (non-hydrogen) atoms. The molecule has 4 heteroatoms. The molecule has 0 spiro atoms. The predicted molar refractivity (Wildman–Crippen MR) is 58.3 cm³/mol. The van der Waals surface area contributed by atoms with Crippen LogP contribution in [0.25, 0.3) is 0 Å². The summed E-state index contributed by atoms with van der Waals surface area (Å²) in [6.07, 6.45) is 1.28. The lowest BCUT2D eigenvalue weighted by Crippen LogP contribution is -2.18. The molecule has 3 nitrogen and oxygen atoms in total. The fourth-order valence-corrected chi connectivity index (χ4v) is 0.992. The van der Waals surface area contributed by atoms with Gasteiger partial charge in [-0.15, -0.1) is 0 Å². The van der Waals surface area contributed by atoms with E-state index in [9.17, 15) is 4.79 Å². The highest BCUT2D eigenvalue weighted by atomic mass is 35.5. The molecule has 0 amide bonds. The first-order valence-electron chi connectivity index (χ1n) is 4.83. The number of carbonyl (C=O) groups excluding carboxylic acids is 1. The lowest BCUT2D eigenvalue weighted by molar-refractivity contribution is -0.143. The molecule has 0 radical (unpaired) electrons. The summed E-state index contributed by atoms with van der Waals surface area (Å²) >= 11 is 5.48. The Morgan fingerprint density at radius 1 is 1.57 bits per heavy atom. The zero-order valence-corrected chi connectivity index (χ0v) is 9.56. The fourth-order valence-electron chi connectivity index (χ4n) is 0.915. The number of rotatable bonds is 7. The SMILES string of the molecule is CCOC(=O)CCCNCC(C)=CCl. The highest BCUT2D eigenvalue weighted by Crippen LogP contribution is 1.94. The summed E-state index contributed by atoms with van der Waals surface area (Å²) in [5.41, 5.74) is 2.64. The van der Waals surface area contributed by atoms with Crippen molar-refractivity contribution in [2.75, 3.05) is 19.7 Å². The number of hydrogen-bond acceptors (Lipinski definition) is 3. The van der Waals surface area contributed by atoms with E-state index in [0.29, 0.717) is 13.0 Å². The number of ether oxygens (including phenoxy) is 1. The summed E-state index contributed by atoms with van der Waals surface area (Å²) in [4.78, 5) is 10.9.